The fourth-order valence-corrected chi connectivity index (χ4v) is 2.67. The molecule has 27 heavy (non-hydrogen) atoms. The van der Waals surface area contributed by atoms with Crippen LogP contribution >= 0.6 is 0 Å². The number of alkyl carbamates (subject to hydrolysis) is 2. The van der Waals surface area contributed by atoms with Crippen LogP contribution in [0.4, 0.5) is 9.59 Å². The summed E-state index contributed by atoms with van der Waals surface area (Å²) in [6.07, 6.45) is -1.55. The highest BCUT2D eigenvalue weighted by Gasteiger charge is 2.34. The predicted octanol–water partition coefficient (Wildman–Crippen LogP) is 2.61. The molecule has 2 aromatic carbocycles. The Morgan fingerprint density at radius 2 is 1.63 bits per heavy atom. The number of hydrogen-bond donors (Lipinski definition) is 2. The summed E-state index contributed by atoms with van der Waals surface area (Å²) in [4.78, 5) is 23.4. The van der Waals surface area contributed by atoms with E-state index in [4.69, 9.17) is 14.2 Å². The van der Waals surface area contributed by atoms with Crippen LogP contribution in [-0.4, -0.2) is 37.5 Å². The fourth-order valence-electron chi connectivity index (χ4n) is 2.67. The number of carbonyl (C=O) groups excluding carboxylic acids is 2. The van der Waals surface area contributed by atoms with Gasteiger partial charge in [-0.1, -0.05) is 60.7 Å². The summed E-state index contributed by atoms with van der Waals surface area (Å²) in [5, 5.41) is 5.31. The van der Waals surface area contributed by atoms with Crippen molar-refractivity contribution in [1.29, 1.82) is 0 Å². The van der Waals surface area contributed by atoms with Gasteiger partial charge in [0, 0.05) is 6.54 Å². The Kier molecular flexibility index (Phi) is 6.65. The van der Waals surface area contributed by atoms with Crippen LogP contribution in [0.3, 0.4) is 0 Å². The lowest BCUT2D eigenvalue weighted by molar-refractivity contribution is 0.0272. The van der Waals surface area contributed by atoms with Gasteiger partial charge in [-0.05, 0) is 11.1 Å². The lowest BCUT2D eigenvalue weighted by Gasteiger charge is -2.17. The van der Waals surface area contributed by atoms with Crippen molar-refractivity contribution in [2.75, 3.05) is 13.2 Å². The quantitative estimate of drug-likeness (QED) is 0.746. The first-order chi connectivity index (χ1) is 13.2. The molecule has 1 aliphatic rings. The smallest absolute Gasteiger partial charge is 0.407 e. The molecule has 0 aromatic heterocycles. The lowest BCUT2D eigenvalue weighted by atomic mass is 10.2. The van der Waals surface area contributed by atoms with Crippen molar-refractivity contribution in [1.82, 2.24) is 10.6 Å². The Bertz CT molecular complexity index is 739. The second-order valence-electron chi connectivity index (χ2n) is 6.14. The van der Waals surface area contributed by atoms with Crippen molar-refractivity contribution < 1.29 is 23.8 Å². The van der Waals surface area contributed by atoms with E-state index in [2.05, 4.69) is 10.6 Å². The van der Waals surface area contributed by atoms with E-state index in [1.54, 1.807) is 0 Å². The summed E-state index contributed by atoms with van der Waals surface area (Å²) in [7, 11) is 0. The molecule has 1 heterocycles. The molecular formula is C20H22N2O5. The van der Waals surface area contributed by atoms with Gasteiger partial charge in [0.2, 0.25) is 0 Å². The summed E-state index contributed by atoms with van der Waals surface area (Å²) < 4.78 is 16.0. The zero-order valence-corrected chi connectivity index (χ0v) is 14.8. The molecule has 0 saturated carbocycles. The third-order valence-corrected chi connectivity index (χ3v) is 4.08. The van der Waals surface area contributed by atoms with Crippen LogP contribution < -0.4 is 10.6 Å². The molecule has 0 aliphatic carbocycles. The van der Waals surface area contributed by atoms with Crippen molar-refractivity contribution >= 4 is 12.2 Å². The van der Waals surface area contributed by atoms with E-state index in [-0.39, 0.29) is 25.8 Å². The number of carbonyl (C=O) groups is 2. The molecule has 2 amide bonds. The zero-order chi connectivity index (χ0) is 18.9. The number of rotatable bonds is 8. The molecule has 2 atom stereocenters. The molecule has 2 aromatic rings. The maximum atomic E-state index is 11.8. The van der Waals surface area contributed by atoms with Gasteiger partial charge in [-0.3, -0.25) is 0 Å². The summed E-state index contributed by atoms with van der Waals surface area (Å²) in [5.74, 6) is 0. The first-order valence-corrected chi connectivity index (χ1v) is 8.74. The van der Waals surface area contributed by atoms with E-state index in [0.29, 0.717) is 6.61 Å². The van der Waals surface area contributed by atoms with Crippen LogP contribution in [0, 0.1) is 0 Å². The third-order valence-electron chi connectivity index (χ3n) is 4.08. The number of benzene rings is 2. The van der Waals surface area contributed by atoms with Crippen LogP contribution in [0.5, 0.6) is 0 Å². The number of cyclic esters (lactones) is 1. The predicted molar refractivity (Wildman–Crippen MR) is 97.9 cm³/mol. The van der Waals surface area contributed by atoms with Crippen LogP contribution in [0.1, 0.15) is 11.1 Å². The first-order valence-electron chi connectivity index (χ1n) is 8.74. The molecule has 0 radical (unpaired) electrons. The molecular weight excluding hydrogens is 348 g/mol. The van der Waals surface area contributed by atoms with Crippen molar-refractivity contribution in [2.45, 2.75) is 25.4 Å². The fraction of sp³-hybridized carbons (Fsp3) is 0.300. The van der Waals surface area contributed by atoms with Gasteiger partial charge in [-0.25, -0.2) is 9.59 Å². The second kappa shape index (κ2) is 9.59. The summed E-state index contributed by atoms with van der Waals surface area (Å²) in [6, 6.07) is 18.7. The van der Waals surface area contributed by atoms with Gasteiger partial charge >= 0.3 is 12.2 Å². The largest absolute Gasteiger partial charge is 0.445 e. The third kappa shape index (κ3) is 6.00. The second-order valence-corrected chi connectivity index (χ2v) is 6.14. The van der Waals surface area contributed by atoms with Crippen molar-refractivity contribution in [3.63, 3.8) is 0 Å². The minimum Gasteiger partial charge on any atom is -0.445 e. The monoisotopic (exact) mass is 370 g/mol. The van der Waals surface area contributed by atoms with Gasteiger partial charge in [0.05, 0.1) is 19.3 Å². The van der Waals surface area contributed by atoms with Gasteiger partial charge in [0.1, 0.15) is 12.7 Å². The molecule has 0 unspecified atom stereocenters. The molecule has 1 saturated heterocycles. The van der Waals surface area contributed by atoms with Gasteiger partial charge in [0.15, 0.2) is 0 Å². The van der Waals surface area contributed by atoms with Crippen LogP contribution in [-0.2, 0) is 27.4 Å². The molecule has 0 bridgehead atoms. The highest BCUT2D eigenvalue weighted by Crippen LogP contribution is 2.11. The molecule has 7 nitrogen and oxygen atoms in total. The molecule has 1 fully saturated rings. The highest BCUT2D eigenvalue weighted by atomic mass is 16.6. The van der Waals surface area contributed by atoms with E-state index in [1.165, 1.54) is 0 Å². The average Bonchev–Trinajstić information content (AvgIpc) is 3.06. The SMILES string of the molecule is O=C(NC[C@@H]1NC(=O)O[C@H]1COCc1ccccc1)OCc1ccccc1. The van der Waals surface area contributed by atoms with Gasteiger partial charge in [-0.2, -0.15) is 0 Å². The summed E-state index contributed by atoms with van der Waals surface area (Å²) >= 11 is 0. The average molecular weight is 370 g/mol. The van der Waals surface area contributed by atoms with Gasteiger partial charge in [0.25, 0.3) is 0 Å². The number of nitrogens with one attached hydrogen (secondary N) is 2. The zero-order valence-electron chi connectivity index (χ0n) is 14.8. The normalized spacial score (nSPS) is 18.4. The topological polar surface area (TPSA) is 85.9 Å². The highest BCUT2D eigenvalue weighted by molar-refractivity contribution is 5.71. The molecule has 7 heteroatoms. The van der Waals surface area contributed by atoms with Gasteiger partial charge < -0.3 is 24.8 Å². The minimum absolute atomic E-state index is 0.184. The Balaban J connectivity index is 1.39. The van der Waals surface area contributed by atoms with Gasteiger partial charge in [-0.15, -0.1) is 0 Å². The molecule has 2 N–H and O–H groups in total. The van der Waals surface area contributed by atoms with E-state index < -0.39 is 18.3 Å². The maximum Gasteiger partial charge on any atom is 0.407 e. The summed E-state index contributed by atoms with van der Waals surface area (Å²) in [6.45, 7) is 1.04. The Hall–Kier alpha value is -3.06. The molecule has 142 valence electrons. The molecule has 1 aliphatic heterocycles. The van der Waals surface area contributed by atoms with E-state index in [1.807, 2.05) is 60.7 Å². The van der Waals surface area contributed by atoms with Crippen molar-refractivity contribution in [3.8, 4) is 0 Å². The standard InChI is InChI=1S/C20H22N2O5/c23-19(26-13-16-9-5-2-6-10-16)21-11-17-18(27-20(24)22-17)14-25-12-15-7-3-1-4-8-15/h1-10,17-18H,11-14H2,(H,21,23)(H,22,24)/t17-,18-/m0/s1. The number of amides is 2. The summed E-state index contributed by atoms with van der Waals surface area (Å²) in [5.41, 5.74) is 1.94. The molecule has 0 spiro atoms. The number of hydrogen-bond acceptors (Lipinski definition) is 5. The van der Waals surface area contributed by atoms with E-state index in [0.717, 1.165) is 11.1 Å². The van der Waals surface area contributed by atoms with E-state index in [9.17, 15) is 9.59 Å². The Morgan fingerprint density at radius 3 is 2.30 bits per heavy atom. The van der Waals surface area contributed by atoms with Crippen LogP contribution in [0.15, 0.2) is 60.7 Å². The van der Waals surface area contributed by atoms with Crippen molar-refractivity contribution in [3.05, 3.63) is 71.8 Å². The number of ether oxygens (including phenoxy) is 3. The molecule has 3 rings (SSSR count). The first kappa shape index (κ1) is 18.7. The Labute approximate surface area is 157 Å². The lowest BCUT2D eigenvalue weighted by Crippen LogP contribution is -2.44. The minimum atomic E-state index is -0.552. The Morgan fingerprint density at radius 1 is 1.00 bits per heavy atom. The van der Waals surface area contributed by atoms with Crippen LogP contribution in [0.25, 0.3) is 0 Å². The van der Waals surface area contributed by atoms with Crippen molar-refractivity contribution in [2.24, 2.45) is 0 Å². The van der Waals surface area contributed by atoms with E-state index >= 15 is 0 Å². The van der Waals surface area contributed by atoms with Crippen LogP contribution in [0.2, 0.25) is 0 Å². The maximum absolute atomic E-state index is 11.8.